The summed E-state index contributed by atoms with van der Waals surface area (Å²) in [7, 11) is 0. The quantitative estimate of drug-likeness (QED) is 0.535. The van der Waals surface area contributed by atoms with E-state index in [1.165, 1.54) is 12.8 Å². The maximum Gasteiger partial charge on any atom is 0.259 e. The molecule has 1 aliphatic heterocycles. The van der Waals surface area contributed by atoms with Crippen molar-refractivity contribution in [2.75, 3.05) is 19.7 Å². The van der Waals surface area contributed by atoms with Gasteiger partial charge in [-0.1, -0.05) is 48.3 Å². The summed E-state index contributed by atoms with van der Waals surface area (Å²) in [5.41, 5.74) is 1.61. The third-order valence-electron chi connectivity index (χ3n) is 6.45. The zero-order chi connectivity index (χ0) is 21.8. The normalized spacial score (nSPS) is 20.9. The molecule has 2 fully saturated rings. The standard InChI is InChI=1S/C25H28N4O3/c30-22(17-31-16-20-6-2-1-3-7-20)29-13-5-11-25(18-29,14-19-9-10-19)24-27-23(32-28-24)21-8-4-12-26-15-21/h1-4,6-8,12,15,19H,5,9-11,13-14,16-18H2. The summed E-state index contributed by atoms with van der Waals surface area (Å²) < 4.78 is 11.3. The molecule has 166 valence electrons. The summed E-state index contributed by atoms with van der Waals surface area (Å²) in [4.78, 5) is 23.8. The van der Waals surface area contributed by atoms with Gasteiger partial charge in [0.1, 0.15) is 6.61 Å². The molecule has 7 nitrogen and oxygen atoms in total. The van der Waals surface area contributed by atoms with Crippen molar-refractivity contribution in [2.45, 2.75) is 44.1 Å². The molecule has 2 aromatic heterocycles. The van der Waals surface area contributed by atoms with E-state index in [0.717, 1.165) is 36.9 Å². The van der Waals surface area contributed by atoms with E-state index in [4.69, 9.17) is 14.2 Å². The molecular weight excluding hydrogens is 404 g/mol. The molecule has 2 aliphatic rings. The highest BCUT2D eigenvalue weighted by Gasteiger charge is 2.45. The van der Waals surface area contributed by atoms with Crippen LogP contribution in [0.3, 0.4) is 0 Å². The molecule has 1 saturated carbocycles. The maximum atomic E-state index is 13.0. The van der Waals surface area contributed by atoms with Crippen molar-refractivity contribution in [2.24, 2.45) is 5.92 Å². The molecule has 0 spiro atoms. The number of aromatic nitrogens is 3. The van der Waals surface area contributed by atoms with E-state index < -0.39 is 0 Å². The lowest BCUT2D eigenvalue weighted by Gasteiger charge is -2.41. The van der Waals surface area contributed by atoms with Gasteiger partial charge in [-0.25, -0.2) is 0 Å². The Hall–Kier alpha value is -3.06. The molecule has 0 N–H and O–H groups in total. The molecule has 1 saturated heterocycles. The number of likely N-dealkylation sites (tertiary alicyclic amines) is 1. The lowest BCUT2D eigenvalue weighted by atomic mass is 9.75. The lowest BCUT2D eigenvalue weighted by Crippen LogP contribution is -2.50. The van der Waals surface area contributed by atoms with Crippen LogP contribution < -0.4 is 0 Å². The number of amides is 1. The van der Waals surface area contributed by atoms with Crippen molar-refractivity contribution in [3.05, 3.63) is 66.2 Å². The van der Waals surface area contributed by atoms with E-state index in [2.05, 4.69) is 10.1 Å². The maximum absolute atomic E-state index is 13.0. The van der Waals surface area contributed by atoms with Gasteiger partial charge in [-0.15, -0.1) is 0 Å². The van der Waals surface area contributed by atoms with Crippen molar-refractivity contribution in [1.29, 1.82) is 0 Å². The average Bonchev–Trinajstić information content (AvgIpc) is 3.50. The first-order valence-electron chi connectivity index (χ1n) is 11.4. The first-order chi connectivity index (χ1) is 15.7. The molecule has 5 rings (SSSR count). The number of rotatable bonds is 8. The first-order valence-corrected chi connectivity index (χ1v) is 11.4. The van der Waals surface area contributed by atoms with Crippen LogP contribution in [0.4, 0.5) is 0 Å². The SMILES string of the molecule is O=C(COCc1ccccc1)N1CCCC(CC2CC2)(c2noc(-c3cccnc3)n2)C1. The Kier molecular flexibility index (Phi) is 5.99. The first kappa shape index (κ1) is 20.8. The number of hydrogen-bond donors (Lipinski definition) is 0. The predicted octanol–water partition coefficient (Wildman–Crippen LogP) is 4.01. The van der Waals surface area contributed by atoms with Gasteiger partial charge in [0.25, 0.3) is 5.89 Å². The van der Waals surface area contributed by atoms with E-state index in [1.54, 1.807) is 12.4 Å². The van der Waals surface area contributed by atoms with Crippen LogP contribution in [-0.2, 0) is 21.6 Å². The van der Waals surface area contributed by atoms with Gasteiger partial charge in [-0.05, 0) is 42.9 Å². The fourth-order valence-electron chi connectivity index (χ4n) is 4.63. The van der Waals surface area contributed by atoms with Gasteiger partial charge in [0.05, 0.1) is 17.6 Å². The van der Waals surface area contributed by atoms with E-state index in [-0.39, 0.29) is 17.9 Å². The summed E-state index contributed by atoms with van der Waals surface area (Å²) in [6, 6.07) is 13.7. The smallest absolute Gasteiger partial charge is 0.259 e. The average molecular weight is 433 g/mol. The summed E-state index contributed by atoms with van der Waals surface area (Å²) >= 11 is 0. The largest absolute Gasteiger partial charge is 0.367 e. The van der Waals surface area contributed by atoms with Crippen LogP contribution >= 0.6 is 0 Å². The van der Waals surface area contributed by atoms with E-state index >= 15 is 0 Å². The lowest BCUT2D eigenvalue weighted by molar-refractivity contribution is -0.139. The van der Waals surface area contributed by atoms with Crippen LogP contribution in [0.5, 0.6) is 0 Å². The van der Waals surface area contributed by atoms with Crippen molar-refractivity contribution in [3.8, 4) is 11.5 Å². The van der Waals surface area contributed by atoms with Crippen LogP contribution in [0.25, 0.3) is 11.5 Å². The van der Waals surface area contributed by atoms with E-state index in [1.807, 2.05) is 47.4 Å². The predicted molar refractivity (Wildman–Crippen MR) is 118 cm³/mol. The van der Waals surface area contributed by atoms with Gasteiger partial charge in [-0.2, -0.15) is 4.98 Å². The third-order valence-corrected chi connectivity index (χ3v) is 6.45. The monoisotopic (exact) mass is 432 g/mol. The number of pyridine rings is 1. The second-order valence-corrected chi connectivity index (χ2v) is 8.99. The highest BCUT2D eigenvalue weighted by atomic mass is 16.5. The van der Waals surface area contributed by atoms with Crippen molar-refractivity contribution >= 4 is 5.91 Å². The summed E-state index contributed by atoms with van der Waals surface area (Å²) in [5, 5.41) is 4.38. The minimum atomic E-state index is -0.265. The molecule has 1 amide bonds. The highest BCUT2D eigenvalue weighted by Crippen LogP contribution is 2.45. The Morgan fingerprint density at radius 2 is 2.06 bits per heavy atom. The number of nitrogens with zero attached hydrogens (tertiary/aromatic N) is 4. The summed E-state index contributed by atoms with van der Waals surface area (Å²) in [6.07, 6.45) is 8.81. The van der Waals surface area contributed by atoms with Gasteiger partial charge in [0.2, 0.25) is 5.91 Å². The number of benzene rings is 1. The second-order valence-electron chi connectivity index (χ2n) is 8.99. The molecule has 1 aliphatic carbocycles. The minimum absolute atomic E-state index is 0.0248. The number of ether oxygens (including phenoxy) is 1. The number of carbonyl (C=O) groups excluding carboxylic acids is 1. The van der Waals surface area contributed by atoms with E-state index in [9.17, 15) is 4.79 Å². The Balaban J connectivity index is 1.29. The van der Waals surface area contributed by atoms with Crippen LogP contribution in [0.15, 0.2) is 59.4 Å². The van der Waals surface area contributed by atoms with Gasteiger partial charge >= 0.3 is 0 Å². The summed E-state index contributed by atoms with van der Waals surface area (Å²) in [5.74, 6) is 1.90. The summed E-state index contributed by atoms with van der Waals surface area (Å²) in [6.45, 7) is 1.88. The van der Waals surface area contributed by atoms with Crippen LogP contribution in [-0.4, -0.2) is 45.6 Å². The minimum Gasteiger partial charge on any atom is -0.367 e. The third kappa shape index (κ3) is 4.72. The van der Waals surface area contributed by atoms with Crippen LogP contribution in [0.1, 0.15) is 43.5 Å². The Bertz CT molecular complexity index is 1040. The Morgan fingerprint density at radius 3 is 2.84 bits per heavy atom. The molecular formula is C25H28N4O3. The fraction of sp³-hybridized carbons (Fsp3) is 0.440. The van der Waals surface area contributed by atoms with Crippen LogP contribution in [0.2, 0.25) is 0 Å². The molecule has 3 heterocycles. The molecule has 0 radical (unpaired) electrons. The number of piperidine rings is 1. The molecule has 32 heavy (non-hydrogen) atoms. The second kappa shape index (κ2) is 9.20. The van der Waals surface area contributed by atoms with Gasteiger partial charge in [-0.3, -0.25) is 9.78 Å². The van der Waals surface area contributed by atoms with Gasteiger partial charge < -0.3 is 14.2 Å². The Labute approximate surface area is 187 Å². The number of hydrogen-bond acceptors (Lipinski definition) is 6. The zero-order valence-electron chi connectivity index (χ0n) is 18.2. The molecule has 3 aromatic rings. The topological polar surface area (TPSA) is 81.4 Å². The molecule has 0 bridgehead atoms. The van der Waals surface area contributed by atoms with Crippen LogP contribution in [0, 0.1) is 5.92 Å². The van der Waals surface area contributed by atoms with Crippen molar-refractivity contribution in [1.82, 2.24) is 20.0 Å². The number of carbonyl (C=O) groups is 1. The Morgan fingerprint density at radius 1 is 1.19 bits per heavy atom. The highest BCUT2D eigenvalue weighted by molar-refractivity contribution is 5.77. The van der Waals surface area contributed by atoms with Gasteiger partial charge in [0.15, 0.2) is 5.82 Å². The fourth-order valence-corrected chi connectivity index (χ4v) is 4.63. The molecule has 1 atom stereocenters. The van der Waals surface area contributed by atoms with Gasteiger partial charge in [0, 0.05) is 25.5 Å². The molecule has 1 unspecified atom stereocenters. The molecule has 7 heteroatoms. The van der Waals surface area contributed by atoms with Crippen molar-refractivity contribution in [3.63, 3.8) is 0 Å². The van der Waals surface area contributed by atoms with Crippen molar-refractivity contribution < 1.29 is 14.1 Å². The molecule has 1 aromatic carbocycles. The zero-order valence-corrected chi connectivity index (χ0v) is 18.2. The van der Waals surface area contributed by atoms with E-state index in [0.29, 0.717) is 30.8 Å².